The van der Waals surface area contributed by atoms with Crippen LogP contribution < -0.4 is 9.62 Å². The molecule has 0 radical (unpaired) electrons. The molecule has 2 aromatic rings. The fourth-order valence-electron chi connectivity index (χ4n) is 3.48. The highest BCUT2D eigenvalue weighted by Gasteiger charge is 2.30. The van der Waals surface area contributed by atoms with Crippen molar-refractivity contribution in [3.63, 3.8) is 0 Å². The molecular formula is C25H33Cl2N3O4S. The molecule has 7 nitrogen and oxygen atoms in total. The van der Waals surface area contributed by atoms with E-state index in [-0.39, 0.29) is 12.5 Å². The Hall–Kier alpha value is -2.29. The number of sulfonamides is 1. The number of carbonyl (C=O) groups is 2. The molecule has 0 heterocycles. The van der Waals surface area contributed by atoms with Crippen LogP contribution in [0.15, 0.2) is 42.5 Å². The summed E-state index contributed by atoms with van der Waals surface area (Å²) in [6.07, 6.45) is 3.56. The lowest BCUT2D eigenvalue weighted by Gasteiger charge is -2.32. The van der Waals surface area contributed by atoms with E-state index in [1.165, 1.54) is 4.90 Å². The Kier molecular flexibility index (Phi) is 10.9. The van der Waals surface area contributed by atoms with Gasteiger partial charge in [-0.05, 0) is 49.6 Å². The summed E-state index contributed by atoms with van der Waals surface area (Å²) < 4.78 is 26.3. The third-order valence-electron chi connectivity index (χ3n) is 5.70. The van der Waals surface area contributed by atoms with E-state index < -0.39 is 28.5 Å². The van der Waals surface area contributed by atoms with Gasteiger partial charge in [0.25, 0.3) is 0 Å². The summed E-state index contributed by atoms with van der Waals surface area (Å²) in [6.45, 7) is 5.57. The van der Waals surface area contributed by atoms with E-state index in [4.69, 9.17) is 23.2 Å². The van der Waals surface area contributed by atoms with Crippen molar-refractivity contribution < 1.29 is 18.0 Å². The summed E-state index contributed by atoms with van der Waals surface area (Å²) >= 11 is 12.7. The minimum atomic E-state index is -3.79. The molecule has 2 rings (SSSR count). The molecule has 1 atom stereocenters. The van der Waals surface area contributed by atoms with Gasteiger partial charge >= 0.3 is 0 Å². The first kappa shape index (κ1) is 28.9. The first-order valence-corrected chi connectivity index (χ1v) is 14.2. The maximum absolute atomic E-state index is 13.6. The van der Waals surface area contributed by atoms with Crippen LogP contribution in [0, 0.1) is 0 Å². The van der Waals surface area contributed by atoms with Gasteiger partial charge in [0.2, 0.25) is 21.8 Å². The van der Waals surface area contributed by atoms with Gasteiger partial charge in [-0.2, -0.15) is 0 Å². The third-order valence-corrected chi connectivity index (χ3v) is 7.55. The van der Waals surface area contributed by atoms with Crippen molar-refractivity contribution in [3.8, 4) is 0 Å². The Morgan fingerprint density at radius 3 is 2.14 bits per heavy atom. The number of amides is 2. The van der Waals surface area contributed by atoms with Crippen LogP contribution in [0.4, 0.5) is 5.69 Å². The second-order valence-corrected chi connectivity index (χ2v) is 11.1. The highest BCUT2D eigenvalue weighted by Crippen LogP contribution is 2.27. The molecular weight excluding hydrogens is 509 g/mol. The van der Waals surface area contributed by atoms with Crippen molar-refractivity contribution in [2.75, 3.05) is 23.7 Å². The molecule has 0 saturated carbocycles. The van der Waals surface area contributed by atoms with Crippen molar-refractivity contribution in [3.05, 3.63) is 63.6 Å². The first-order valence-electron chi connectivity index (χ1n) is 11.6. The molecule has 2 aromatic carbocycles. The number of anilines is 1. The highest BCUT2D eigenvalue weighted by atomic mass is 35.5. The summed E-state index contributed by atoms with van der Waals surface area (Å²) in [5, 5.41) is 3.53. The van der Waals surface area contributed by atoms with Crippen LogP contribution in [0.5, 0.6) is 0 Å². The zero-order chi connectivity index (χ0) is 26.2. The molecule has 0 fully saturated rings. The molecule has 0 aliphatic heterocycles. The van der Waals surface area contributed by atoms with Gasteiger partial charge in [0.05, 0.1) is 11.9 Å². The summed E-state index contributed by atoms with van der Waals surface area (Å²) in [4.78, 5) is 27.7. The average Bonchev–Trinajstić information content (AvgIpc) is 2.81. The largest absolute Gasteiger partial charge is 0.354 e. The second-order valence-electron chi connectivity index (χ2n) is 8.33. The maximum atomic E-state index is 13.6. The number of carbonyl (C=O) groups excluding carboxylic acids is 2. The van der Waals surface area contributed by atoms with E-state index in [0.29, 0.717) is 27.8 Å². The van der Waals surface area contributed by atoms with Gasteiger partial charge in [0.15, 0.2) is 0 Å². The molecule has 0 unspecified atom stereocenters. The van der Waals surface area contributed by atoms with Crippen LogP contribution in [0.2, 0.25) is 10.0 Å². The molecule has 2 amide bonds. The third kappa shape index (κ3) is 8.12. The summed E-state index contributed by atoms with van der Waals surface area (Å²) in [7, 11) is -3.79. The molecule has 0 aliphatic carbocycles. The number of hydrogen-bond donors (Lipinski definition) is 1. The van der Waals surface area contributed by atoms with Crippen molar-refractivity contribution in [2.45, 2.75) is 52.6 Å². The quantitative estimate of drug-likeness (QED) is 0.396. The van der Waals surface area contributed by atoms with Crippen LogP contribution in [-0.4, -0.2) is 50.5 Å². The molecule has 0 spiro atoms. The number of aryl methyl sites for hydroxylation is 1. The summed E-state index contributed by atoms with van der Waals surface area (Å²) in [6, 6.07) is 11.1. The van der Waals surface area contributed by atoms with Crippen LogP contribution in [-0.2, 0) is 32.6 Å². The van der Waals surface area contributed by atoms with Crippen LogP contribution >= 0.6 is 23.2 Å². The molecule has 10 heteroatoms. The summed E-state index contributed by atoms with van der Waals surface area (Å²) in [5.74, 6) is -0.891. The van der Waals surface area contributed by atoms with Gasteiger partial charge < -0.3 is 10.2 Å². The van der Waals surface area contributed by atoms with E-state index in [1.807, 2.05) is 26.0 Å². The fraction of sp³-hybridized carbons (Fsp3) is 0.440. The Bertz CT molecular complexity index is 1100. The normalized spacial score (nSPS) is 12.2. The lowest BCUT2D eigenvalue weighted by atomic mass is 10.1. The summed E-state index contributed by atoms with van der Waals surface area (Å²) in [5.41, 5.74) is 1.89. The predicted octanol–water partition coefficient (Wildman–Crippen LogP) is 4.66. The van der Waals surface area contributed by atoms with Crippen LogP contribution in [0.3, 0.4) is 0 Å². The van der Waals surface area contributed by atoms with Gasteiger partial charge in [-0.3, -0.25) is 13.9 Å². The Morgan fingerprint density at radius 1 is 1.03 bits per heavy atom. The Labute approximate surface area is 218 Å². The van der Waals surface area contributed by atoms with Gasteiger partial charge in [-0.1, -0.05) is 61.7 Å². The fourth-order valence-corrected chi connectivity index (χ4v) is 4.85. The average molecular weight is 543 g/mol. The first-order chi connectivity index (χ1) is 16.5. The molecule has 0 aromatic heterocycles. The standard InChI is InChI=1S/C25H33Cl2N3O4S/c1-5-7-15-28-25(32)18(3)29(16-21-22(26)9-8-10-23(21)27)24(31)17-30(35(4,33)34)20-13-11-19(6-2)12-14-20/h8-14,18H,5-7,15-17H2,1-4H3,(H,28,32)/t18-/m1/s1. The molecule has 0 aliphatic rings. The van der Waals surface area contributed by atoms with E-state index in [2.05, 4.69) is 5.32 Å². The minimum Gasteiger partial charge on any atom is -0.354 e. The lowest BCUT2D eigenvalue weighted by Crippen LogP contribution is -2.51. The molecule has 0 saturated heterocycles. The Morgan fingerprint density at radius 2 is 1.63 bits per heavy atom. The van der Waals surface area contributed by atoms with Crippen molar-refractivity contribution in [1.82, 2.24) is 10.2 Å². The van der Waals surface area contributed by atoms with E-state index in [1.54, 1.807) is 37.3 Å². The number of nitrogens with zero attached hydrogens (tertiary/aromatic N) is 2. The minimum absolute atomic E-state index is 0.0495. The maximum Gasteiger partial charge on any atom is 0.244 e. The zero-order valence-corrected chi connectivity index (χ0v) is 22.9. The number of hydrogen-bond acceptors (Lipinski definition) is 4. The molecule has 192 valence electrons. The monoisotopic (exact) mass is 541 g/mol. The highest BCUT2D eigenvalue weighted by molar-refractivity contribution is 7.92. The number of halogens is 2. The number of benzene rings is 2. The van der Waals surface area contributed by atoms with Gasteiger partial charge in [-0.15, -0.1) is 0 Å². The van der Waals surface area contributed by atoms with Crippen molar-refractivity contribution >= 4 is 50.7 Å². The second kappa shape index (κ2) is 13.1. The molecule has 0 bridgehead atoms. The van der Waals surface area contributed by atoms with Crippen LogP contribution in [0.1, 0.15) is 44.7 Å². The van der Waals surface area contributed by atoms with E-state index >= 15 is 0 Å². The van der Waals surface area contributed by atoms with E-state index in [9.17, 15) is 18.0 Å². The number of unbranched alkanes of at least 4 members (excludes halogenated alkanes) is 1. The Balaban J connectivity index is 2.40. The van der Waals surface area contributed by atoms with Crippen molar-refractivity contribution in [2.24, 2.45) is 0 Å². The predicted molar refractivity (Wildman–Crippen MR) is 142 cm³/mol. The SMILES string of the molecule is CCCCNC(=O)[C@@H](C)N(Cc1c(Cl)cccc1Cl)C(=O)CN(c1ccc(CC)cc1)S(C)(=O)=O. The number of rotatable bonds is 12. The molecule has 1 N–H and O–H groups in total. The van der Waals surface area contributed by atoms with Crippen molar-refractivity contribution in [1.29, 1.82) is 0 Å². The molecule has 35 heavy (non-hydrogen) atoms. The van der Waals surface area contributed by atoms with Gasteiger partial charge in [0.1, 0.15) is 12.6 Å². The van der Waals surface area contributed by atoms with Crippen LogP contribution in [0.25, 0.3) is 0 Å². The van der Waals surface area contributed by atoms with Gasteiger partial charge in [0, 0.05) is 28.7 Å². The number of nitrogens with one attached hydrogen (secondary N) is 1. The lowest BCUT2D eigenvalue weighted by molar-refractivity contribution is -0.139. The smallest absolute Gasteiger partial charge is 0.244 e. The van der Waals surface area contributed by atoms with E-state index in [0.717, 1.165) is 35.4 Å². The van der Waals surface area contributed by atoms with Gasteiger partial charge in [-0.25, -0.2) is 8.42 Å². The zero-order valence-electron chi connectivity index (χ0n) is 20.6. The topological polar surface area (TPSA) is 86.8 Å².